The van der Waals surface area contributed by atoms with E-state index in [1.165, 1.54) is 19.3 Å². The highest BCUT2D eigenvalue weighted by Gasteiger charge is 2.21. The van der Waals surface area contributed by atoms with Crippen molar-refractivity contribution in [2.24, 2.45) is 0 Å². The van der Waals surface area contributed by atoms with Gasteiger partial charge in [-0.05, 0) is 38.8 Å². The Balaban J connectivity index is 1.81. The molecule has 1 fully saturated rings. The van der Waals surface area contributed by atoms with Gasteiger partial charge in [-0.25, -0.2) is 0 Å². The van der Waals surface area contributed by atoms with E-state index in [0.717, 1.165) is 18.5 Å². The van der Waals surface area contributed by atoms with E-state index in [1.807, 2.05) is 32.0 Å². The van der Waals surface area contributed by atoms with E-state index in [9.17, 15) is 4.79 Å². The third kappa shape index (κ3) is 4.30. The third-order valence-corrected chi connectivity index (χ3v) is 3.98. The molecule has 0 bridgehead atoms. The minimum absolute atomic E-state index is 0.0725. The van der Waals surface area contributed by atoms with Crippen LogP contribution in [0.25, 0.3) is 0 Å². The van der Waals surface area contributed by atoms with Crippen molar-refractivity contribution in [1.82, 2.24) is 15.6 Å². The standard InChI is InChI=1S/C16H25N3O/c1-12(15-10-6-7-11-17-15)18-13(2)16(20)19-14-8-4-3-5-9-14/h6-7,10-14,18H,3-5,8-9H2,1-2H3,(H,19,20). The normalized spacial score (nSPS) is 19.3. The molecule has 2 rings (SSSR count). The lowest BCUT2D eigenvalue weighted by atomic mass is 9.95. The summed E-state index contributed by atoms with van der Waals surface area (Å²) < 4.78 is 0. The van der Waals surface area contributed by atoms with Crippen LogP contribution < -0.4 is 10.6 Å². The number of carbonyl (C=O) groups is 1. The number of aromatic nitrogens is 1. The van der Waals surface area contributed by atoms with Crippen LogP contribution in [0.1, 0.15) is 57.7 Å². The molecule has 4 heteroatoms. The largest absolute Gasteiger partial charge is 0.352 e. The highest BCUT2D eigenvalue weighted by atomic mass is 16.2. The fourth-order valence-corrected chi connectivity index (χ4v) is 2.74. The summed E-state index contributed by atoms with van der Waals surface area (Å²) in [5, 5.41) is 6.46. The van der Waals surface area contributed by atoms with Crippen LogP contribution in [0.3, 0.4) is 0 Å². The second-order valence-corrected chi connectivity index (χ2v) is 5.71. The lowest BCUT2D eigenvalue weighted by Crippen LogP contribution is -2.47. The second-order valence-electron chi connectivity index (χ2n) is 5.71. The van der Waals surface area contributed by atoms with Crippen molar-refractivity contribution in [2.45, 2.75) is 64.1 Å². The molecule has 0 aromatic carbocycles. The molecule has 1 aliphatic carbocycles. The van der Waals surface area contributed by atoms with Crippen LogP contribution in [0.5, 0.6) is 0 Å². The quantitative estimate of drug-likeness (QED) is 0.868. The fraction of sp³-hybridized carbons (Fsp3) is 0.625. The van der Waals surface area contributed by atoms with Crippen LogP contribution in [-0.4, -0.2) is 23.0 Å². The van der Waals surface area contributed by atoms with Crippen molar-refractivity contribution in [1.29, 1.82) is 0 Å². The number of amides is 1. The first-order valence-corrected chi connectivity index (χ1v) is 7.64. The molecular formula is C16H25N3O. The van der Waals surface area contributed by atoms with E-state index in [0.29, 0.717) is 6.04 Å². The van der Waals surface area contributed by atoms with Gasteiger partial charge in [0.15, 0.2) is 0 Å². The number of rotatable bonds is 5. The van der Waals surface area contributed by atoms with Crippen LogP contribution in [0.4, 0.5) is 0 Å². The third-order valence-electron chi connectivity index (χ3n) is 3.98. The lowest BCUT2D eigenvalue weighted by Gasteiger charge is -2.26. The SMILES string of the molecule is CC(NC(C)c1ccccn1)C(=O)NC1CCCCC1. The predicted molar refractivity (Wildman–Crippen MR) is 80.3 cm³/mol. The van der Waals surface area contributed by atoms with Gasteiger partial charge in [-0.1, -0.05) is 25.3 Å². The topological polar surface area (TPSA) is 54.0 Å². The van der Waals surface area contributed by atoms with E-state index in [2.05, 4.69) is 15.6 Å². The molecule has 0 aliphatic heterocycles. The monoisotopic (exact) mass is 275 g/mol. The smallest absolute Gasteiger partial charge is 0.237 e. The Morgan fingerprint density at radius 1 is 1.25 bits per heavy atom. The van der Waals surface area contributed by atoms with Gasteiger partial charge in [0.25, 0.3) is 0 Å². The van der Waals surface area contributed by atoms with Crippen LogP contribution in [-0.2, 0) is 4.79 Å². The summed E-state index contributed by atoms with van der Waals surface area (Å²) >= 11 is 0. The van der Waals surface area contributed by atoms with Gasteiger partial charge in [-0.2, -0.15) is 0 Å². The first-order chi connectivity index (χ1) is 9.66. The van der Waals surface area contributed by atoms with Gasteiger partial charge in [0.1, 0.15) is 0 Å². The van der Waals surface area contributed by atoms with Crippen LogP contribution in [0.15, 0.2) is 24.4 Å². The number of nitrogens with one attached hydrogen (secondary N) is 2. The van der Waals surface area contributed by atoms with Crippen molar-refractivity contribution < 1.29 is 4.79 Å². The number of hydrogen-bond acceptors (Lipinski definition) is 3. The van der Waals surface area contributed by atoms with E-state index in [1.54, 1.807) is 6.20 Å². The average Bonchev–Trinajstić information content (AvgIpc) is 2.49. The summed E-state index contributed by atoms with van der Waals surface area (Å²) in [4.78, 5) is 16.5. The van der Waals surface area contributed by atoms with Gasteiger partial charge in [-0.3, -0.25) is 15.1 Å². The molecule has 2 N–H and O–H groups in total. The number of nitrogens with zero attached hydrogens (tertiary/aromatic N) is 1. The average molecular weight is 275 g/mol. The van der Waals surface area contributed by atoms with E-state index in [4.69, 9.17) is 0 Å². The molecule has 1 aliphatic rings. The zero-order valence-electron chi connectivity index (χ0n) is 12.4. The molecule has 4 nitrogen and oxygen atoms in total. The number of hydrogen-bond donors (Lipinski definition) is 2. The molecule has 1 aromatic rings. The van der Waals surface area contributed by atoms with Crippen molar-refractivity contribution in [3.63, 3.8) is 0 Å². The van der Waals surface area contributed by atoms with Crippen molar-refractivity contribution in [3.05, 3.63) is 30.1 Å². The maximum absolute atomic E-state index is 12.2. The van der Waals surface area contributed by atoms with Crippen molar-refractivity contribution >= 4 is 5.91 Å². The van der Waals surface area contributed by atoms with Crippen LogP contribution >= 0.6 is 0 Å². The minimum Gasteiger partial charge on any atom is -0.352 e. The lowest BCUT2D eigenvalue weighted by molar-refractivity contribution is -0.123. The summed E-state index contributed by atoms with van der Waals surface area (Å²) in [6.07, 6.45) is 7.79. The first-order valence-electron chi connectivity index (χ1n) is 7.64. The Bertz CT molecular complexity index is 415. The van der Waals surface area contributed by atoms with Crippen molar-refractivity contribution in [3.8, 4) is 0 Å². The zero-order chi connectivity index (χ0) is 14.4. The van der Waals surface area contributed by atoms with E-state index < -0.39 is 0 Å². The summed E-state index contributed by atoms with van der Waals surface area (Å²) in [6, 6.07) is 6.08. The maximum atomic E-state index is 12.2. The molecule has 0 saturated heterocycles. The molecular weight excluding hydrogens is 250 g/mol. The molecule has 2 atom stereocenters. The molecule has 1 saturated carbocycles. The van der Waals surface area contributed by atoms with E-state index in [-0.39, 0.29) is 18.0 Å². The highest BCUT2D eigenvalue weighted by Crippen LogP contribution is 2.17. The Kier molecular flexibility index (Phi) is 5.53. The second kappa shape index (κ2) is 7.39. The van der Waals surface area contributed by atoms with Gasteiger partial charge >= 0.3 is 0 Å². The highest BCUT2D eigenvalue weighted by molar-refractivity contribution is 5.81. The number of carbonyl (C=O) groups excluding carboxylic acids is 1. The van der Waals surface area contributed by atoms with Gasteiger partial charge < -0.3 is 5.32 Å². The molecule has 0 radical (unpaired) electrons. The molecule has 1 aromatic heterocycles. The van der Waals surface area contributed by atoms with Crippen LogP contribution in [0.2, 0.25) is 0 Å². The molecule has 110 valence electrons. The van der Waals surface area contributed by atoms with Gasteiger partial charge in [0.05, 0.1) is 11.7 Å². The van der Waals surface area contributed by atoms with Gasteiger partial charge in [0.2, 0.25) is 5.91 Å². The summed E-state index contributed by atoms with van der Waals surface area (Å²) in [7, 11) is 0. The minimum atomic E-state index is -0.200. The van der Waals surface area contributed by atoms with Crippen molar-refractivity contribution in [2.75, 3.05) is 0 Å². The Morgan fingerprint density at radius 3 is 2.65 bits per heavy atom. The first kappa shape index (κ1) is 15.0. The molecule has 1 amide bonds. The Labute approximate surface area is 121 Å². The van der Waals surface area contributed by atoms with Gasteiger partial charge in [0, 0.05) is 18.3 Å². The zero-order valence-corrected chi connectivity index (χ0v) is 12.4. The predicted octanol–water partition coefficient (Wildman–Crippen LogP) is 2.57. The van der Waals surface area contributed by atoms with Crippen LogP contribution in [0, 0.1) is 0 Å². The van der Waals surface area contributed by atoms with E-state index >= 15 is 0 Å². The Hall–Kier alpha value is -1.42. The summed E-state index contributed by atoms with van der Waals surface area (Å²) in [5.41, 5.74) is 0.963. The molecule has 1 heterocycles. The Morgan fingerprint density at radius 2 is 2.00 bits per heavy atom. The fourth-order valence-electron chi connectivity index (χ4n) is 2.74. The molecule has 20 heavy (non-hydrogen) atoms. The summed E-state index contributed by atoms with van der Waals surface area (Å²) in [5.74, 6) is 0.0969. The molecule has 2 unspecified atom stereocenters. The number of pyridine rings is 1. The molecule has 0 spiro atoms. The maximum Gasteiger partial charge on any atom is 0.237 e. The summed E-state index contributed by atoms with van der Waals surface area (Å²) in [6.45, 7) is 3.95. The van der Waals surface area contributed by atoms with Gasteiger partial charge in [-0.15, -0.1) is 0 Å².